The van der Waals surface area contributed by atoms with Crippen molar-refractivity contribution in [1.82, 2.24) is 10.1 Å². The van der Waals surface area contributed by atoms with Crippen molar-refractivity contribution in [1.29, 1.82) is 0 Å². The van der Waals surface area contributed by atoms with Gasteiger partial charge in [-0.25, -0.2) is 0 Å². The van der Waals surface area contributed by atoms with Gasteiger partial charge in [0.15, 0.2) is 12.5 Å². The van der Waals surface area contributed by atoms with Gasteiger partial charge in [0.1, 0.15) is 0 Å². The summed E-state index contributed by atoms with van der Waals surface area (Å²) in [4.78, 5) is 0. The summed E-state index contributed by atoms with van der Waals surface area (Å²) in [6.45, 7) is 0. The number of aliphatic hydroxyl groups excluding tert-OH is 3. The van der Waals surface area contributed by atoms with Gasteiger partial charge in [0.2, 0.25) is 6.35 Å². The van der Waals surface area contributed by atoms with Gasteiger partial charge in [0.25, 0.3) is 0 Å². The third kappa shape index (κ3) is 0.896. The van der Waals surface area contributed by atoms with Crippen molar-refractivity contribution in [3.05, 3.63) is 0 Å². The standard InChI is InChI=1S/C3H8N2O5/c6-1-2(7)5(10)3(8)4(1)9/h1-3,6-10H. The fraction of sp³-hybridized carbons (Fsp3) is 1.00. The first-order valence-corrected chi connectivity index (χ1v) is 2.54. The van der Waals surface area contributed by atoms with E-state index in [0.717, 1.165) is 0 Å². The predicted octanol–water partition coefficient (Wildman–Crippen LogP) is -2.70. The fourth-order valence-electron chi connectivity index (χ4n) is 0.668. The molecular weight excluding hydrogens is 144 g/mol. The van der Waals surface area contributed by atoms with Gasteiger partial charge in [-0.15, -0.1) is 10.1 Å². The Balaban J connectivity index is 2.68. The van der Waals surface area contributed by atoms with Gasteiger partial charge in [-0.05, 0) is 0 Å². The van der Waals surface area contributed by atoms with Crippen molar-refractivity contribution in [2.24, 2.45) is 0 Å². The molecule has 0 aromatic heterocycles. The van der Waals surface area contributed by atoms with Crippen LogP contribution in [-0.4, -0.2) is 54.7 Å². The first-order chi connectivity index (χ1) is 4.55. The van der Waals surface area contributed by atoms with Crippen LogP contribution in [0.1, 0.15) is 0 Å². The maximum Gasteiger partial charge on any atom is 0.215 e. The zero-order valence-corrected chi connectivity index (χ0v) is 4.86. The summed E-state index contributed by atoms with van der Waals surface area (Å²) in [5, 5.41) is 43.2. The Morgan fingerprint density at radius 2 is 1.10 bits per heavy atom. The van der Waals surface area contributed by atoms with E-state index >= 15 is 0 Å². The first-order valence-electron chi connectivity index (χ1n) is 2.54. The lowest BCUT2D eigenvalue weighted by Gasteiger charge is -2.14. The Labute approximate surface area is 55.9 Å². The van der Waals surface area contributed by atoms with Gasteiger partial charge in [-0.3, -0.25) is 0 Å². The number of nitrogens with zero attached hydrogens (tertiary/aromatic N) is 2. The lowest BCUT2D eigenvalue weighted by molar-refractivity contribution is -0.300. The zero-order valence-electron chi connectivity index (χ0n) is 4.86. The molecule has 0 saturated carbocycles. The third-order valence-corrected chi connectivity index (χ3v) is 1.28. The Bertz CT molecular complexity index is 87.2. The van der Waals surface area contributed by atoms with Gasteiger partial charge in [0, 0.05) is 0 Å². The zero-order chi connectivity index (χ0) is 7.89. The molecule has 0 radical (unpaired) electrons. The fourth-order valence-corrected chi connectivity index (χ4v) is 0.668. The van der Waals surface area contributed by atoms with Gasteiger partial charge < -0.3 is 25.7 Å². The van der Waals surface area contributed by atoms with Gasteiger partial charge in [0.05, 0.1) is 0 Å². The Morgan fingerprint density at radius 3 is 1.20 bits per heavy atom. The van der Waals surface area contributed by atoms with E-state index in [1.54, 1.807) is 0 Å². The molecular formula is C3H8N2O5. The van der Waals surface area contributed by atoms with E-state index in [1.165, 1.54) is 0 Å². The van der Waals surface area contributed by atoms with E-state index in [9.17, 15) is 0 Å². The van der Waals surface area contributed by atoms with E-state index in [0.29, 0.717) is 0 Å². The predicted molar refractivity (Wildman–Crippen MR) is 25.3 cm³/mol. The summed E-state index contributed by atoms with van der Waals surface area (Å²) in [7, 11) is 0. The maximum absolute atomic E-state index is 8.67. The van der Waals surface area contributed by atoms with Crippen molar-refractivity contribution in [3.63, 3.8) is 0 Å². The van der Waals surface area contributed by atoms with Crippen LogP contribution in [0.2, 0.25) is 0 Å². The van der Waals surface area contributed by atoms with Crippen LogP contribution in [-0.2, 0) is 0 Å². The highest BCUT2D eigenvalue weighted by Crippen LogP contribution is 2.16. The van der Waals surface area contributed by atoms with Crippen LogP contribution >= 0.6 is 0 Å². The molecule has 0 aromatic carbocycles. The summed E-state index contributed by atoms with van der Waals surface area (Å²) in [5.41, 5.74) is 0. The van der Waals surface area contributed by atoms with Crippen molar-refractivity contribution in [2.75, 3.05) is 0 Å². The van der Waals surface area contributed by atoms with E-state index in [1.807, 2.05) is 0 Å². The molecule has 1 aliphatic rings. The third-order valence-electron chi connectivity index (χ3n) is 1.28. The van der Waals surface area contributed by atoms with Gasteiger partial charge >= 0.3 is 0 Å². The summed E-state index contributed by atoms with van der Waals surface area (Å²) < 4.78 is 0. The largest absolute Gasteiger partial charge is 0.372 e. The smallest absolute Gasteiger partial charge is 0.215 e. The molecule has 1 fully saturated rings. The summed E-state index contributed by atoms with van der Waals surface area (Å²) in [6.07, 6.45) is -5.18. The van der Waals surface area contributed by atoms with E-state index in [4.69, 9.17) is 25.7 Å². The minimum Gasteiger partial charge on any atom is -0.372 e. The van der Waals surface area contributed by atoms with Crippen LogP contribution in [0.25, 0.3) is 0 Å². The molecule has 0 bridgehead atoms. The van der Waals surface area contributed by atoms with E-state index < -0.39 is 18.8 Å². The average molecular weight is 152 g/mol. The Morgan fingerprint density at radius 1 is 0.800 bits per heavy atom. The molecule has 0 amide bonds. The molecule has 0 aliphatic carbocycles. The van der Waals surface area contributed by atoms with E-state index in [-0.39, 0.29) is 10.1 Å². The minimum absolute atomic E-state index is 0.0185. The second kappa shape index (κ2) is 2.40. The van der Waals surface area contributed by atoms with Crippen LogP contribution in [0, 0.1) is 0 Å². The summed E-state index contributed by atoms with van der Waals surface area (Å²) >= 11 is 0. The molecule has 1 saturated heterocycles. The molecule has 1 heterocycles. The number of rotatable bonds is 0. The molecule has 0 spiro atoms. The van der Waals surface area contributed by atoms with Crippen molar-refractivity contribution < 1.29 is 25.7 Å². The highest BCUT2D eigenvalue weighted by Gasteiger charge is 2.44. The van der Waals surface area contributed by atoms with Crippen molar-refractivity contribution in [3.8, 4) is 0 Å². The second-order valence-corrected chi connectivity index (χ2v) is 1.93. The lowest BCUT2D eigenvalue weighted by atomic mass is 10.5. The van der Waals surface area contributed by atoms with Crippen LogP contribution in [0.4, 0.5) is 0 Å². The molecule has 2 atom stereocenters. The molecule has 60 valence electrons. The van der Waals surface area contributed by atoms with Crippen LogP contribution in [0.5, 0.6) is 0 Å². The summed E-state index contributed by atoms with van der Waals surface area (Å²) in [6, 6.07) is 0. The van der Waals surface area contributed by atoms with Crippen LogP contribution in [0.3, 0.4) is 0 Å². The maximum atomic E-state index is 8.67. The molecule has 7 nitrogen and oxygen atoms in total. The Hall–Kier alpha value is -0.280. The highest BCUT2D eigenvalue weighted by molar-refractivity contribution is 4.70. The molecule has 1 aliphatic heterocycles. The highest BCUT2D eigenvalue weighted by atomic mass is 16.7. The topological polar surface area (TPSA) is 108 Å². The van der Waals surface area contributed by atoms with Crippen molar-refractivity contribution >= 4 is 0 Å². The van der Waals surface area contributed by atoms with Crippen molar-refractivity contribution in [2.45, 2.75) is 18.8 Å². The van der Waals surface area contributed by atoms with E-state index in [2.05, 4.69) is 0 Å². The number of hydrogen-bond donors (Lipinski definition) is 5. The molecule has 0 aromatic rings. The number of hydrogen-bond acceptors (Lipinski definition) is 7. The molecule has 5 N–H and O–H groups in total. The lowest BCUT2D eigenvalue weighted by Crippen LogP contribution is -2.36. The van der Waals surface area contributed by atoms with Crippen LogP contribution in [0.15, 0.2) is 0 Å². The normalized spacial score (nSPS) is 44.7. The monoisotopic (exact) mass is 152 g/mol. The van der Waals surface area contributed by atoms with Gasteiger partial charge in [-0.2, -0.15) is 0 Å². The number of hydroxylamine groups is 4. The average Bonchev–Trinajstić information content (AvgIpc) is 2.07. The molecule has 2 unspecified atom stereocenters. The van der Waals surface area contributed by atoms with Crippen LogP contribution < -0.4 is 0 Å². The Kier molecular flexibility index (Phi) is 1.88. The minimum atomic E-state index is -1.79. The number of aliphatic hydroxyl groups is 3. The molecule has 1 rings (SSSR count). The first kappa shape index (κ1) is 7.82. The second-order valence-electron chi connectivity index (χ2n) is 1.93. The molecule has 10 heavy (non-hydrogen) atoms. The quantitative estimate of drug-likeness (QED) is 0.257. The molecule has 7 heteroatoms. The summed E-state index contributed by atoms with van der Waals surface area (Å²) in [5.74, 6) is 0. The SMILES string of the molecule is OC1C(O)N(O)C(O)N1O. The van der Waals surface area contributed by atoms with Gasteiger partial charge in [-0.1, -0.05) is 0 Å².